The minimum atomic E-state index is 0.542. The fourth-order valence-corrected chi connectivity index (χ4v) is 2.03. The standard InChI is InChI=1S/C14H14N6O2/c1-21-10-5-3-4-9(12(10)22-2)6-19-20-14-11-13(16-7-15-11)17-8-18-14/h3-8H,1-2H3,(H2,15,16,17,18,20)/b19-6-. The van der Waals surface area contributed by atoms with Crippen molar-refractivity contribution in [3.05, 3.63) is 36.4 Å². The first-order valence-electron chi connectivity index (χ1n) is 6.47. The lowest BCUT2D eigenvalue weighted by atomic mass is 10.2. The number of hydrogen-bond acceptors (Lipinski definition) is 7. The second-order valence-corrected chi connectivity index (χ2v) is 4.28. The summed E-state index contributed by atoms with van der Waals surface area (Å²) in [6.07, 6.45) is 4.61. The van der Waals surface area contributed by atoms with Gasteiger partial charge >= 0.3 is 0 Å². The number of aromatic amines is 1. The molecule has 1 aromatic carbocycles. The Morgan fingerprint density at radius 2 is 2.09 bits per heavy atom. The lowest BCUT2D eigenvalue weighted by molar-refractivity contribution is 0.354. The van der Waals surface area contributed by atoms with Crippen LogP contribution in [0, 0.1) is 0 Å². The SMILES string of the molecule is COc1cccc(/C=N\Nc2ncnc3nc[nH]c23)c1OC. The summed E-state index contributed by atoms with van der Waals surface area (Å²) in [5.74, 6) is 1.80. The highest BCUT2D eigenvalue weighted by Gasteiger charge is 2.08. The molecule has 0 spiro atoms. The number of hydrogen-bond donors (Lipinski definition) is 2. The Morgan fingerprint density at radius 3 is 2.91 bits per heavy atom. The molecule has 0 aliphatic heterocycles. The molecule has 22 heavy (non-hydrogen) atoms. The van der Waals surface area contributed by atoms with Gasteiger partial charge in [-0.25, -0.2) is 15.0 Å². The van der Waals surface area contributed by atoms with Crippen LogP contribution in [0.1, 0.15) is 5.56 Å². The third kappa shape index (κ3) is 2.53. The van der Waals surface area contributed by atoms with Crippen LogP contribution in [-0.4, -0.2) is 40.4 Å². The number of H-pyrrole nitrogens is 1. The van der Waals surface area contributed by atoms with E-state index < -0.39 is 0 Å². The van der Waals surface area contributed by atoms with Gasteiger partial charge in [-0.1, -0.05) is 6.07 Å². The Kier molecular flexibility index (Phi) is 3.82. The normalized spacial score (nSPS) is 11.0. The van der Waals surface area contributed by atoms with Gasteiger partial charge in [-0.15, -0.1) is 0 Å². The largest absolute Gasteiger partial charge is 0.493 e. The molecule has 0 atom stereocenters. The van der Waals surface area contributed by atoms with E-state index in [9.17, 15) is 0 Å². The zero-order valence-corrected chi connectivity index (χ0v) is 12.1. The zero-order valence-electron chi connectivity index (χ0n) is 12.1. The van der Waals surface area contributed by atoms with Crippen molar-refractivity contribution in [2.24, 2.45) is 5.10 Å². The maximum absolute atomic E-state index is 5.34. The minimum absolute atomic E-state index is 0.542. The molecular weight excluding hydrogens is 284 g/mol. The Hall–Kier alpha value is -3.16. The number of para-hydroxylation sites is 1. The summed E-state index contributed by atoms with van der Waals surface area (Å²) in [7, 11) is 3.17. The van der Waals surface area contributed by atoms with Crippen LogP contribution < -0.4 is 14.9 Å². The fourth-order valence-electron chi connectivity index (χ4n) is 2.03. The highest BCUT2D eigenvalue weighted by molar-refractivity contribution is 5.87. The van der Waals surface area contributed by atoms with Gasteiger partial charge in [0.1, 0.15) is 11.8 Å². The summed E-state index contributed by atoms with van der Waals surface area (Å²) in [4.78, 5) is 15.2. The van der Waals surface area contributed by atoms with Gasteiger partial charge in [0.25, 0.3) is 0 Å². The molecule has 0 radical (unpaired) electrons. The number of fused-ring (bicyclic) bond motifs is 1. The van der Waals surface area contributed by atoms with Crippen LogP contribution in [-0.2, 0) is 0 Å². The second-order valence-electron chi connectivity index (χ2n) is 4.28. The summed E-state index contributed by atoms with van der Waals surface area (Å²) in [6.45, 7) is 0. The van der Waals surface area contributed by atoms with Crippen molar-refractivity contribution in [2.75, 3.05) is 19.6 Å². The molecule has 8 nitrogen and oxygen atoms in total. The molecule has 3 rings (SSSR count). The predicted molar refractivity (Wildman–Crippen MR) is 82.4 cm³/mol. The van der Waals surface area contributed by atoms with Crippen LogP contribution in [0.15, 0.2) is 36.0 Å². The molecule has 112 valence electrons. The Bertz CT molecular complexity index is 814. The highest BCUT2D eigenvalue weighted by Crippen LogP contribution is 2.29. The van der Waals surface area contributed by atoms with Crippen LogP contribution >= 0.6 is 0 Å². The number of imidazole rings is 1. The van der Waals surface area contributed by atoms with Gasteiger partial charge < -0.3 is 14.5 Å². The molecule has 0 saturated carbocycles. The lowest BCUT2D eigenvalue weighted by Gasteiger charge is -2.09. The predicted octanol–water partition coefficient (Wildman–Crippen LogP) is 1.82. The van der Waals surface area contributed by atoms with Gasteiger partial charge in [0.15, 0.2) is 23.0 Å². The van der Waals surface area contributed by atoms with Gasteiger partial charge in [-0.2, -0.15) is 5.10 Å². The van der Waals surface area contributed by atoms with E-state index in [1.54, 1.807) is 26.8 Å². The van der Waals surface area contributed by atoms with Crippen LogP contribution in [0.2, 0.25) is 0 Å². The van der Waals surface area contributed by atoms with Crippen LogP contribution in [0.4, 0.5) is 5.82 Å². The van der Waals surface area contributed by atoms with E-state index in [1.807, 2.05) is 18.2 Å². The molecule has 2 N–H and O–H groups in total. The number of rotatable bonds is 5. The van der Waals surface area contributed by atoms with Gasteiger partial charge in [-0.05, 0) is 12.1 Å². The average Bonchev–Trinajstić information content (AvgIpc) is 3.04. The van der Waals surface area contributed by atoms with E-state index >= 15 is 0 Å². The van der Waals surface area contributed by atoms with Crippen LogP contribution in [0.3, 0.4) is 0 Å². The molecule has 0 saturated heterocycles. The molecule has 0 bridgehead atoms. The summed E-state index contributed by atoms with van der Waals surface area (Å²) in [5, 5.41) is 4.18. The lowest BCUT2D eigenvalue weighted by Crippen LogP contribution is -1.98. The van der Waals surface area contributed by atoms with Crippen molar-refractivity contribution >= 4 is 23.2 Å². The second kappa shape index (κ2) is 6.08. The number of nitrogens with zero attached hydrogens (tertiary/aromatic N) is 4. The summed E-state index contributed by atoms with van der Waals surface area (Å²) in [5.41, 5.74) is 4.91. The maximum Gasteiger partial charge on any atom is 0.182 e. The number of benzene rings is 1. The van der Waals surface area contributed by atoms with Crippen molar-refractivity contribution < 1.29 is 9.47 Å². The topological polar surface area (TPSA) is 97.3 Å². The number of ether oxygens (including phenoxy) is 2. The van der Waals surface area contributed by atoms with E-state index in [0.29, 0.717) is 28.5 Å². The molecule has 0 aliphatic rings. The van der Waals surface area contributed by atoms with E-state index in [2.05, 4.69) is 30.5 Å². The van der Waals surface area contributed by atoms with Gasteiger partial charge in [0.05, 0.1) is 26.8 Å². The average molecular weight is 298 g/mol. The molecule has 2 heterocycles. The van der Waals surface area contributed by atoms with E-state index in [4.69, 9.17) is 9.47 Å². The molecule has 0 aliphatic carbocycles. The Balaban J connectivity index is 1.85. The number of anilines is 1. The Labute approximate surface area is 126 Å². The van der Waals surface area contributed by atoms with Crippen LogP contribution in [0.25, 0.3) is 11.2 Å². The van der Waals surface area contributed by atoms with Crippen LogP contribution in [0.5, 0.6) is 11.5 Å². The third-order valence-corrected chi connectivity index (χ3v) is 3.03. The number of methoxy groups -OCH3 is 2. The summed E-state index contributed by atoms with van der Waals surface area (Å²) in [6, 6.07) is 5.56. The van der Waals surface area contributed by atoms with Gasteiger partial charge in [0.2, 0.25) is 0 Å². The molecule has 3 aromatic rings. The quantitative estimate of drug-likeness (QED) is 0.551. The fraction of sp³-hybridized carbons (Fsp3) is 0.143. The smallest absolute Gasteiger partial charge is 0.182 e. The molecule has 8 heteroatoms. The maximum atomic E-state index is 5.34. The first-order valence-corrected chi connectivity index (χ1v) is 6.47. The van der Waals surface area contributed by atoms with Crippen molar-refractivity contribution in [2.45, 2.75) is 0 Å². The van der Waals surface area contributed by atoms with Gasteiger partial charge in [-0.3, -0.25) is 5.43 Å². The number of nitrogens with one attached hydrogen (secondary N) is 2. The molecule has 0 fully saturated rings. The first kappa shape index (κ1) is 13.8. The Morgan fingerprint density at radius 1 is 1.18 bits per heavy atom. The third-order valence-electron chi connectivity index (χ3n) is 3.03. The van der Waals surface area contributed by atoms with Crippen molar-refractivity contribution in [1.82, 2.24) is 19.9 Å². The van der Waals surface area contributed by atoms with Crippen molar-refractivity contribution in [3.63, 3.8) is 0 Å². The molecule has 2 aromatic heterocycles. The van der Waals surface area contributed by atoms with Crippen molar-refractivity contribution in [1.29, 1.82) is 0 Å². The first-order chi connectivity index (χ1) is 10.8. The molecular formula is C14H14N6O2. The highest BCUT2D eigenvalue weighted by atomic mass is 16.5. The summed E-state index contributed by atoms with van der Waals surface area (Å²) >= 11 is 0. The number of hydrazone groups is 1. The van der Waals surface area contributed by atoms with E-state index in [1.165, 1.54) is 6.33 Å². The summed E-state index contributed by atoms with van der Waals surface area (Å²) < 4.78 is 10.6. The molecule has 0 amide bonds. The van der Waals surface area contributed by atoms with E-state index in [-0.39, 0.29) is 0 Å². The van der Waals surface area contributed by atoms with Gasteiger partial charge in [0, 0.05) is 5.56 Å². The number of aromatic nitrogens is 4. The van der Waals surface area contributed by atoms with Crippen molar-refractivity contribution in [3.8, 4) is 11.5 Å². The minimum Gasteiger partial charge on any atom is -0.493 e. The monoisotopic (exact) mass is 298 g/mol. The molecule has 0 unspecified atom stereocenters. The van der Waals surface area contributed by atoms with E-state index in [0.717, 1.165) is 5.56 Å². The zero-order chi connectivity index (χ0) is 15.4.